The van der Waals surface area contributed by atoms with Gasteiger partial charge in [0, 0.05) is 5.92 Å². The lowest BCUT2D eigenvalue weighted by Gasteiger charge is -2.08. The zero-order chi connectivity index (χ0) is 10.7. The quantitative estimate of drug-likeness (QED) is 0.673. The van der Waals surface area contributed by atoms with Gasteiger partial charge in [-0.2, -0.15) is 0 Å². The second-order valence-corrected chi connectivity index (χ2v) is 4.09. The fourth-order valence-corrected chi connectivity index (χ4v) is 1.81. The van der Waals surface area contributed by atoms with Crippen molar-refractivity contribution in [2.75, 3.05) is 0 Å². The van der Waals surface area contributed by atoms with E-state index in [0.717, 1.165) is 6.54 Å². The van der Waals surface area contributed by atoms with Gasteiger partial charge in [-0.25, -0.2) is 9.13 Å². The molecular formula is C13H17N2+. The highest BCUT2D eigenvalue weighted by atomic mass is 15.1. The minimum atomic E-state index is 0.554. The molecule has 2 nitrogen and oxygen atoms in total. The fraction of sp³-hybridized carbons (Fsp3) is 0.308. The first-order chi connectivity index (χ1) is 7.25. The zero-order valence-corrected chi connectivity index (χ0v) is 9.30. The van der Waals surface area contributed by atoms with Gasteiger partial charge < -0.3 is 0 Å². The van der Waals surface area contributed by atoms with E-state index in [1.807, 2.05) is 7.05 Å². The number of hydrogen-bond acceptors (Lipinski definition) is 0. The maximum absolute atomic E-state index is 2.26. The number of benzene rings is 1. The molecule has 0 amide bonds. The standard InChI is InChI=1S/C13H17N2/c1-12(13-6-4-3-5-7-13)10-15-9-8-14(2)11-15/h3-9,11-12H,10H2,1-2H3/q+1. The van der Waals surface area contributed by atoms with Gasteiger partial charge in [0.05, 0.1) is 13.6 Å². The topological polar surface area (TPSA) is 8.81 Å². The van der Waals surface area contributed by atoms with Gasteiger partial charge in [0.15, 0.2) is 0 Å². The molecule has 0 bridgehead atoms. The summed E-state index contributed by atoms with van der Waals surface area (Å²) in [6, 6.07) is 10.6. The molecule has 0 saturated carbocycles. The molecule has 15 heavy (non-hydrogen) atoms. The average Bonchev–Trinajstić information content (AvgIpc) is 2.65. The number of hydrogen-bond donors (Lipinski definition) is 0. The van der Waals surface area contributed by atoms with E-state index in [1.54, 1.807) is 0 Å². The number of imidazole rings is 1. The third-order valence-corrected chi connectivity index (χ3v) is 2.68. The molecule has 1 aromatic carbocycles. The van der Waals surface area contributed by atoms with Gasteiger partial charge in [0.1, 0.15) is 12.4 Å². The summed E-state index contributed by atoms with van der Waals surface area (Å²) in [7, 11) is 2.05. The SMILES string of the molecule is CC(Cn1cc[n+](C)c1)c1ccccc1. The van der Waals surface area contributed by atoms with Crippen molar-refractivity contribution >= 4 is 0 Å². The molecule has 0 aliphatic rings. The Balaban J connectivity index is 2.07. The van der Waals surface area contributed by atoms with Gasteiger partial charge in [-0.3, -0.25) is 0 Å². The van der Waals surface area contributed by atoms with E-state index in [2.05, 4.69) is 65.1 Å². The van der Waals surface area contributed by atoms with Gasteiger partial charge in [-0.15, -0.1) is 0 Å². The van der Waals surface area contributed by atoms with Crippen LogP contribution in [-0.4, -0.2) is 4.57 Å². The van der Waals surface area contributed by atoms with Crippen molar-refractivity contribution in [3.05, 3.63) is 54.6 Å². The van der Waals surface area contributed by atoms with Crippen molar-refractivity contribution in [2.24, 2.45) is 7.05 Å². The molecule has 0 spiro atoms. The van der Waals surface area contributed by atoms with Crippen LogP contribution in [0.4, 0.5) is 0 Å². The molecule has 1 heterocycles. The van der Waals surface area contributed by atoms with Crippen molar-refractivity contribution in [1.29, 1.82) is 0 Å². The smallest absolute Gasteiger partial charge is 0.240 e. The predicted octanol–water partition coefficient (Wildman–Crippen LogP) is 2.12. The molecule has 1 unspecified atom stereocenters. The summed E-state index contributed by atoms with van der Waals surface area (Å²) in [5, 5.41) is 0. The Kier molecular flexibility index (Phi) is 2.86. The highest BCUT2D eigenvalue weighted by Gasteiger charge is 2.09. The number of nitrogens with zero attached hydrogens (tertiary/aromatic N) is 2. The van der Waals surface area contributed by atoms with Crippen LogP contribution in [0.3, 0.4) is 0 Å². The summed E-state index contributed by atoms with van der Waals surface area (Å²) in [6.07, 6.45) is 6.29. The third-order valence-electron chi connectivity index (χ3n) is 2.68. The molecule has 0 fully saturated rings. The number of aryl methyl sites for hydroxylation is 1. The van der Waals surface area contributed by atoms with Crippen LogP contribution in [0.2, 0.25) is 0 Å². The first kappa shape index (κ1) is 9.97. The molecule has 2 heteroatoms. The van der Waals surface area contributed by atoms with Crippen LogP contribution in [0.5, 0.6) is 0 Å². The molecule has 2 rings (SSSR count). The summed E-state index contributed by atoms with van der Waals surface area (Å²) in [6.45, 7) is 3.29. The van der Waals surface area contributed by atoms with Crippen LogP contribution in [0.25, 0.3) is 0 Å². The second kappa shape index (κ2) is 4.30. The van der Waals surface area contributed by atoms with E-state index in [9.17, 15) is 0 Å². The number of aromatic nitrogens is 2. The molecule has 0 N–H and O–H groups in total. The second-order valence-electron chi connectivity index (χ2n) is 4.09. The van der Waals surface area contributed by atoms with Crippen LogP contribution in [0.15, 0.2) is 49.1 Å². The lowest BCUT2D eigenvalue weighted by atomic mass is 10.0. The highest BCUT2D eigenvalue weighted by molar-refractivity contribution is 5.18. The Morgan fingerprint density at radius 3 is 2.60 bits per heavy atom. The Morgan fingerprint density at radius 1 is 1.27 bits per heavy atom. The molecule has 0 saturated heterocycles. The lowest BCUT2D eigenvalue weighted by Crippen LogP contribution is -2.24. The van der Waals surface area contributed by atoms with Crippen LogP contribution >= 0.6 is 0 Å². The number of rotatable bonds is 3. The molecule has 1 aromatic heterocycles. The minimum absolute atomic E-state index is 0.554. The van der Waals surface area contributed by atoms with Gasteiger partial charge in [0.25, 0.3) is 0 Å². The molecule has 0 aliphatic heterocycles. The van der Waals surface area contributed by atoms with E-state index in [-0.39, 0.29) is 0 Å². The Morgan fingerprint density at radius 2 is 2.00 bits per heavy atom. The fourth-order valence-electron chi connectivity index (χ4n) is 1.81. The summed E-state index contributed by atoms with van der Waals surface area (Å²) < 4.78 is 4.29. The lowest BCUT2D eigenvalue weighted by molar-refractivity contribution is -0.671. The molecule has 0 radical (unpaired) electrons. The third kappa shape index (κ3) is 2.46. The maximum atomic E-state index is 2.26. The molecular weight excluding hydrogens is 184 g/mol. The first-order valence-electron chi connectivity index (χ1n) is 5.31. The largest absolute Gasteiger partial charge is 0.243 e. The molecule has 1 atom stereocenters. The van der Waals surface area contributed by atoms with Crippen LogP contribution in [0.1, 0.15) is 18.4 Å². The maximum Gasteiger partial charge on any atom is 0.243 e. The van der Waals surface area contributed by atoms with Crippen molar-refractivity contribution in [2.45, 2.75) is 19.4 Å². The van der Waals surface area contributed by atoms with Crippen molar-refractivity contribution in [1.82, 2.24) is 4.57 Å². The van der Waals surface area contributed by atoms with Crippen molar-refractivity contribution < 1.29 is 4.57 Å². The summed E-state index contributed by atoms with van der Waals surface area (Å²) in [5.74, 6) is 0.554. The van der Waals surface area contributed by atoms with Crippen molar-refractivity contribution in [3.63, 3.8) is 0 Å². The molecule has 0 aliphatic carbocycles. The van der Waals surface area contributed by atoms with Gasteiger partial charge in [0.2, 0.25) is 6.33 Å². The minimum Gasteiger partial charge on any atom is -0.240 e. The Labute approximate surface area is 90.8 Å². The predicted molar refractivity (Wildman–Crippen MR) is 60.5 cm³/mol. The monoisotopic (exact) mass is 201 g/mol. The summed E-state index contributed by atoms with van der Waals surface area (Å²) >= 11 is 0. The summed E-state index contributed by atoms with van der Waals surface area (Å²) in [4.78, 5) is 0. The molecule has 78 valence electrons. The van der Waals surface area contributed by atoms with E-state index in [1.165, 1.54) is 5.56 Å². The van der Waals surface area contributed by atoms with Gasteiger partial charge >= 0.3 is 0 Å². The Bertz CT molecular complexity index is 417. The van der Waals surface area contributed by atoms with Crippen LogP contribution in [0, 0.1) is 0 Å². The van der Waals surface area contributed by atoms with Crippen LogP contribution < -0.4 is 4.57 Å². The highest BCUT2D eigenvalue weighted by Crippen LogP contribution is 2.16. The zero-order valence-electron chi connectivity index (χ0n) is 9.30. The van der Waals surface area contributed by atoms with Gasteiger partial charge in [-0.05, 0) is 5.56 Å². The Hall–Kier alpha value is -1.57. The average molecular weight is 201 g/mol. The van der Waals surface area contributed by atoms with E-state index >= 15 is 0 Å². The first-order valence-corrected chi connectivity index (χ1v) is 5.31. The van der Waals surface area contributed by atoms with E-state index < -0.39 is 0 Å². The van der Waals surface area contributed by atoms with Crippen LogP contribution in [-0.2, 0) is 13.6 Å². The van der Waals surface area contributed by atoms with E-state index in [0.29, 0.717) is 5.92 Å². The molecule has 2 aromatic rings. The van der Waals surface area contributed by atoms with E-state index in [4.69, 9.17) is 0 Å². The summed E-state index contributed by atoms with van der Waals surface area (Å²) in [5.41, 5.74) is 1.40. The van der Waals surface area contributed by atoms with Gasteiger partial charge in [-0.1, -0.05) is 37.3 Å². The van der Waals surface area contributed by atoms with Crippen molar-refractivity contribution in [3.8, 4) is 0 Å². The normalized spacial score (nSPS) is 12.7.